The average Bonchev–Trinajstić information content (AvgIpc) is 3.18. The number of rotatable bonds is 5. The summed E-state index contributed by atoms with van der Waals surface area (Å²) in [4.78, 5) is 4.30. The molecule has 0 amide bonds. The van der Waals surface area contributed by atoms with Crippen LogP contribution in [0.5, 0.6) is 0 Å². The smallest absolute Gasteiger partial charge is 0.247 e. The summed E-state index contributed by atoms with van der Waals surface area (Å²) in [5.41, 5.74) is 1.46. The van der Waals surface area contributed by atoms with Crippen LogP contribution in [-0.4, -0.2) is 33.9 Å². The van der Waals surface area contributed by atoms with E-state index in [1.807, 2.05) is 12.1 Å². The maximum atomic E-state index is 12.7. The van der Waals surface area contributed by atoms with E-state index in [2.05, 4.69) is 15.2 Å². The zero-order chi connectivity index (χ0) is 14.2. The van der Waals surface area contributed by atoms with Crippen LogP contribution in [0.2, 0.25) is 0 Å². The van der Waals surface area contributed by atoms with Crippen molar-refractivity contribution in [1.82, 2.24) is 19.5 Å². The minimum atomic E-state index is -3.51. The monoisotopic (exact) mass is 292 g/mol. The van der Waals surface area contributed by atoms with Gasteiger partial charge in [-0.05, 0) is 31.4 Å². The van der Waals surface area contributed by atoms with Gasteiger partial charge in [-0.3, -0.25) is 10.1 Å². The molecule has 0 saturated heterocycles. The molecule has 1 N–H and O–H groups in total. The fraction of sp³-hybridized carbons (Fsp3) is 0.385. The van der Waals surface area contributed by atoms with Gasteiger partial charge in [0.1, 0.15) is 4.90 Å². The molecule has 0 bridgehead atoms. The number of hydrogen-bond acceptors (Lipinski definition) is 4. The third-order valence-electron chi connectivity index (χ3n) is 3.39. The fourth-order valence-electron chi connectivity index (χ4n) is 2.17. The lowest BCUT2D eigenvalue weighted by atomic mass is 10.3. The van der Waals surface area contributed by atoms with Crippen molar-refractivity contribution in [3.8, 4) is 0 Å². The Bertz CT molecular complexity index is 692. The van der Waals surface area contributed by atoms with Crippen molar-refractivity contribution in [3.63, 3.8) is 0 Å². The van der Waals surface area contributed by atoms with Crippen molar-refractivity contribution in [1.29, 1.82) is 0 Å². The molecular formula is C13H16N4O2S. The highest BCUT2D eigenvalue weighted by atomic mass is 32.2. The summed E-state index contributed by atoms with van der Waals surface area (Å²) < 4.78 is 27.0. The minimum Gasteiger partial charge on any atom is -0.281 e. The molecule has 6 nitrogen and oxygen atoms in total. The van der Waals surface area contributed by atoms with Crippen LogP contribution in [0, 0.1) is 6.92 Å². The third-order valence-corrected chi connectivity index (χ3v) is 5.40. The average molecular weight is 292 g/mol. The minimum absolute atomic E-state index is 0.0921. The largest absolute Gasteiger partial charge is 0.281 e. The molecule has 1 aliphatic rings. The Morgan fingerprint density at radius 3 is 2.75 bits per heavy atom. The maximum absolute atomic E-state index is 12.7. The second-order valence-corrected chi connectivity index (χ2v) is 6.86. The van der Waals surface area contributed by atoms with E-state index in [0.717, 1.165) is 18.4 Å². The predicted octanol–water partition coefficient (Wildman–Crippen LogP) is 1.47. The van der Waals surface area contributed by atoms with Crippen molar-refractivity contribution in [3.05, 3.63) is 42.0 Å². The van der Waals surface area contributed by atoms with Crippen molar-refractivity contribution in [2.75, 3.05) is 0 Å². The molecule has 0 aromatic carbocycles. The normalized spacial score (nSPS) is 15.7. The Morgan fingerprint density at radius 2 is 2.20 bits per heavy atom. The lowest BCUT2D eigenvalue weighted by molar-refractivity contribution is 0.398. The van der Waals surface area contributed by atoms with E-state index in [4.69, 9.17) is 0 Å². The molecule has 0 unspecified atom stereocenters. The first-order valence-corrected chi connectivity index (χ1v) is 7.94. The molecule has 2 aromatic heterocycles. The van der Waals surface area contributed by atoms with Crippen molar-refractivity contribution in [2.45, 2.75) is 37.2 Å². The molecule has 0 aliphatic heterocycles. The van der Waals surface area contributed by atoms with Crippen LogP contribution in [0.15, 0.2) is 35.6 Å². The lowest BCUT2D eigenvalue weighted by Gasteiger charge is -2.21. The number of aryl methyl sites for hydroxylation is 1. The van der Waals surface area contributed by atoms with Gasteiger partial charge >= 0.3 is 0 Å². The highest BCUT2D eigenvalue weighted by molar-refractivity contribution is 7.89. The van der Waals surface area contributed by atoms with Crippen LogP contribution < -0.4 is 0 Å². The number of aromatic nitrogens is 3. The van der Waals surface area contributed by atoms with Crippen LogP contribution in [0.25, 0.3) is 0 Å². The summed E-state index contributed by atoms with van der Waals surface area (Å²) >= 11 is 0. The number of nitrogens with one attached hydrogen (secondary N) is 1. The van der Waals surface area contributed by atoms with E-state index >= 15 is 0 Å². The quantitative estimate of drug-likeness (QED) is 0.905. The third kappa shape index (κ3) is 2.46. The summed E-state index contributed by atoms with van der Waals surface area (Å²) in [5.74, 6) is 0. The molecule has 0 radical (unpaired) electrons. The van der Waals surface area contributed by atoms with E-state index in [1.54, 1.807) is 23.6 Å². The Morgan fingerprint density at radius 1 is 1.40 bits per heavy atom. The molecule has 1 saturated carbocycles. The summed E-state index contributed by atoms with van der Waals surface area (Å²) in [6.07, 6.45) is 6.59. The predicted molar refractivity (Wildman–Crippen MR) is 73.3 cm³/mol. The molecule has 7 heteroatoms. The van der Waals surface area contributed by atoms with Gasteiger partial charge in [0.05, 0.1) is 11.9 Å². The summed E-state index contributed by atoms with van der Waals surface area (Å²) in [5, 5.41) is 6.50. The highest BCUT2D eigenvalue weighted by Gasteiger charge is 2.39. The second-order valence-electron chi connectivity index (χ2n) is 5.00. The van der Waals surface area contributed by atoms with Gasteiger partial charge in [-0.2, -0.15) is 9.40 Å². The van der Waals surface area contributed by atoms with Crippen molar-refractivity contribution in [2.24, 2.45) is 0 Å². The Hall–Kier alpha value is -1.73. The molecule has 1 fully saturated rings. The van der Waals surface area contributed by atoms with Gasteiger partial charge in [-0.1, -0.05) is 6.07 Å². The first kappa shape index (κ1) is 13.3. The number of aromatic amines is 1. The van der Waals surface area contributed by atoms with Gasteiger partial charge in [0.2, 0.25) is 10.0 Å². The van der Waals surface area contributed by atoms with Crippen molar-refractivity contribution < 1.29 is 8.42 Å². The Kier molecular flexibility index (Phi) is 3.31. The molecule has 0 spiro atoms. The first-order valence-electron chi connectivity index (χ1n) is 6.50. The summed E-state index contributed by atoms with van der Waals surface area (Å²) in [6, 6.07) is 3.80. The highest BCUT2D eigenvalue weighted by Crippen LogP contribution is 2.33. The fourth-order valence-corrected chi connectivity index (χ4v) is 3.96. The number of hydrogen-bond donors (Lipinski definition) is 1. The standard InChI is InChI=1S/C13H16N4O2S/c1-10-13(8-15-16-10)20(18,19)17(12-4-5-12)9-11-3-2-6-14-7-11/h2-3,6-8,12H,4-5,9H2,1H3,(H,15,16). The van der Waals surface area contributed by atoms with E-state index in [0.29, 0.717) is 12.2 Å². The lowest BCUT2D eigenvalue weighted by Crippen LogP contribution is -2.32. The van der Waals surface area contributed by atoms with E-state index in [-0.39, 0.29) is 10.9 Å². The molecular weight excluding hydrogens is 276 g/mol. The first-order chi connectivity index (χ1) is 9.59. The van der Waals surface area contributed by atoms with Crippen LogP contribution in [-0.2, 0) is 16.6 Å². The second kappa shape index (κ2) is 4.99. The zero-order valence-corrected chi connectivity index (χ0v) is 12.0. The number of H-pyrrole nitrogens is 1. The molecule has 0 atom stereocenters. The molecule has 20 heavy (non-hydrogen) atoms. The molecule has 2 heterocycles. The molecule has 2 aromatic rings. The number of sulfonamides is 1. The van der Waals surface area contributed by atoms with Gasteiger partial charge in [-0.25, -0.2) is 8.42 Å². The molecule has 3 rings (SSSR count). The SMILES string of the molecule is Cc1[nH]ncc1S(=O)(=O)N(Cc1cccnc1)C1CC1. The Labute approximate surface area is 117 Å². The van der Waals surface area contributed by atoms with E-state index in [1.165, 1.54) is 6.20 Å². The van der Waals surface area contributed by atoms with Gasteiger partial charge in [0.15, 0.2) is 0 Å². The zero-order valence-electron chi connectivity index (χ0n) is 11.2. The summed E-state index contributed by atoms with van der Waals surface area (Å²) in [6.45, 7) is 2.07. The van der Waals surface area contributed by atoms with Crippen LogP contribution in [0.1, 0.15) is 24.1 Å². The van der Waals surface area contributed by atoms with E-state index in [9.17, 15) is 8.42 Å². The van der Waals surface area contributed by atoms with Crippen LogP contribution in [0.4, 0.5) is 0 Å². The topological polar surface area (TPSA) is 79.0 Å². The van der Waals surface area contributed by atoms with Gasteiger partial charge < -0.3 is 0 Å². The Balaban J connectivity index is 1.93. The van der Waals surface area contributed by atoms with Gasteiger partial charge in [0, 0.05) is 25.0 Å². The maximum Gasteiger partial charge on any atom is 0.247 e. The van der Waals surface area contributed by atoms with Gasteiger partial charge in [0.25, 0.3) is 0 Å². The van der Waals surface area contributed by atoms with Gasteiger partial charge in [-0.15, -0.1) is 0 Å². The van der Waals surface area contributed by atoms with E-state index < -0.39 is 10.0 Å². The van der Waals surface area contributed by atoms with Crippen LogP contribution >= 0.6 is 0 Å². The molecule has 106 valence electrons. The van der Waals surface area contributed by atoms with Crippen LogP contribution in [0.3, 0.4) is 0 Å². The van der Waals surface area contributed by atoms with Crippen molar-refractivity contribution >= 4 is 10.0 Å². The molecule has 1 aliphatic carbocycles. The number of nitrogens with zero attached hydrogens (tertiary/aromatic N) is 3. The summed E-state index contributed by atoms with van der Waals surface area (Å²) in [7, 11) is -3.51. The number of pyridine rings is 1.